The predicted molar refractivity (Wildman–Crippen MR) is 72.8 cm³/mol. The van der Waals surface area contributed by atoms with Crippen LogP contribution in [0.1, 0.15) is 25.6 Å². The molecule has 3 heterocycles. The van der Waals surface area contributed by atoms with Crippen LogP contribution >= 0.6 is 0 Å². The molecule has 3 rings (SSSR count). The van der Waals surface area contributed by atoms with Crippen molar-refractivity contribution in [1.29, 1.82) is 0 Å². The molecule has 0 atom stereocenters. The maximum absolute atomic E-state index is 11.9. The van der Waals surface area contributed by atoms with Gasteiger partial charge >= 0.3 is 0 Å². The first-order valence-electron chi connectivity index (χ1n) is 6.77. The lowest BCUT2D eigenvalue weighted by Crippen LogP contribution is -2.33. The average molecular weight is 261 g/mol. The van der Waals surface area contributed by atoms with Crippen molar-refractivity contribution in [2.24, 2.45) is 13.0 Å². The second kappa shape index (κ2) is 4.77. The molecule has 0 radical (unpaired) electrons. The molecule has 1 aliphatic heterocycles. The second-order valence-electron chi connectivity index (χ2n) is 5.48. The summed E-state index contributed by atoms with van der Waals surface area (Å²) in [5.74, 6) is 1.54. The highest BCUT2D eigenvalue weighted by atomic mass is 16.1. The normalized spacial score (nSPS) is 18.2. The lowest BCUT2D eigenvalue weighted by Gasteiger charge is -2.29. The zero-order chi connectivity index (χ0) is 13.4. The van der Waals surface area contributed by atoms with E-state index in [2.05, 4.69) is 26.9 Å². The monoisotopic (exact) mass is 261 g/mol. The fourth-order valence-electron chi connectivity index (χ4n) is 2.58. The van der Waals surface area contributed by atoms with Crippen molar-refractivity contribution in [2.75, 3.05) is 13.1 Å². The van der Waals surface area contributed by atoms with Gasteiger partial charge in [0.15, 0.2) is 5.65 Å². The number of fused-ring (bicyclic) bond motifs is 1. The lowest BCUT2D eigenvalue weighted by atomic mass is 9.99. The number of aryl methyl sites for hydroxylation is 1. The molecule has 0 bridgehead atoms. The number of H-pyrrole nitrogens is 1. The second-order valence-corrected chi connectivity index (χ2v) is 5.48. The fourth-order valence-corrected chi connectivity index (χ4v) is 2.58. The Kier molecular flexibility index (Phi) is 3.10. The van der Waals surface area contributed by atoms with Gasteiger partial charge in [0.25, 0.3) is 5.56 Å². The van der Waals surface area contributed by atoms with Gasteiger partial charge < -0.3 is 4.98 Å². The van der Waals surface area contributed by atoms with E-state index in [0.29, 0.717) is 17.6 Å². The quantitative estimate of drug-likeness (QED) is 0.871. The molecule has 2 aromatic heterocycles. The van der Waals surface area contributed by atoms with Crippen LogP contribution in [-0.2, 0) is 13.6 Å². The molecule has 0 unspecified atom stereocenters. The molecule has 1 N–H and O–H groups in total. The van der Waals surface area contributed by atoms with Gasteiger partial charge in [-0.05, 0) is 31.8 Å². The average Bonchev–Trinajstić information content (AvgIpc) is 2.75. The summed E-state index contributed by atoms with van der Waals surface area (Å²) < 4.78 is 1.65. The number of hydrogen-bond donors (Lipinski definition) is 1. The first-order valence-corrected chi connectivity index (χ1v) is 6.77. The summed E-state index contributed by atoms with van der Waals surface area (Å²) >= 11 is 0. The van der Waals surface area contributed by atoms with Crippen LogP contribution < -0.4 is 5.56 Å². The van der Waals surface area contributed by atoms with E-state index in [4.69, 9.17) is 0 Å². The fraction of sp³-hybridized carbons (Fsp3) is 0.615. The van der Waals surface area contributed by atoms with Gasteiger partial charge in [-0.3, -0.25) is 14.4 Å². The van der Waals surface area contributed by atoms with E-state index in [1.807, 2.05) is 0 Å². The Labute approximate surface area is 111 Å². The Hall–Kier alpha value is -1.69. The van der Waals surface area contributed by atoms with Crippen LogP contribution in [0.2, 0.25) is 0 Å². The highest BCUT2D eigenvalue weighted by Gasteiger charge is 2.17. The minimum atomic E-state index is -0.0986. The molecule has 0 amide bonds. The van der Waals surface area contributed by atoms with Crippen LogP contribution in [0.15, 0.2) is 11.0 Å². The summed E-state index contributed by atoms with van der Waals surface area (Å²) in [5.41, 5.74) is 0.558. The molecule has 1 saturated heterocycles. The topological polar surface area (TPSA) is 66.8 Å². The van der Waals surface area contributed by atoms with E-state index < -0.39 is 0 Å². The SMILES string of the molecule is CC1CCN(Cc2nc3c(cnn3C)c(=O)[nH]2)CC1. The van der Waals surface area contributed by atoms with Gasteiger partial charge in [-0.2, -0.15) is 5.10 Å². The van der Waals surface area contributed by atoms with Crippen molar-refractivity contribution in [3.8, 4) is 0 Å². The minimum absolute atomic E-state index is 0.0986. The first-order chi connectivity index (χ1) is 9.13. The zero-order valence-electron chi connectivity index (χ0n) is 11.4. The van der Waals surface area contributed by atoms with Gasteiger partial charge in [0, 0.05) is 7.05 Å². The molecule has 1 fully saturated rings. The third kappa shape index (κ3) is 2.40. The Morgan fingerprint density at radius 2 is 2.16 bits per heavy atom. The highest BCUT2D eigenvalue weighted by Crippen LogP contribution is 2.17. The van der Waals surface area contributed by atoms with Crippen molar-refractivity contribution in [1.82, 2.24) is 24.6 Å². The molecule has 0 saturated carbocycles. The number of likely N-dealkylation sites (tertiary alicyclic amines) is 1. The van der Waals surface area contributed by atoms with Gasteiger partial charge in [0.2, 0.25) is 0 Å². The predicted octanol–water partition coefficient (Wildman–Crippen LogP) is 0.889. The van der Waals surface area contributed by atoms with Crippen LogP contribution in [0.5, 0.6) is 0 Å². The van der Waals surface area contributed by atoms with Crippen LogP contribution in [0, 0.1) is 5.92 Å². The Morgan fingerprint density at radius 3 is 2.89 bits per heavy atom. The van der Waals surface area contributed by atoms with Crippen molar-refractivity contribution < 1.29 is 0 Å². The summed E-state index contributed by atoms with van der Waals surface area (Å²) in [7, 11) is 1.81. The third-order valence-electron chi connectivity index (χ3n) is 3.90. The number of aromatic nitrogens is 4. The van der Waals surface area contributed by atoms with Crippen LogP contribution in [0.3, 0.4) is 0 Å². The molecule has 0 aliphatic carbocycles. The molecular formula is C13H19N5O. The Bertz CT molecular complexity index is 636. The molecule has 19 heavy (non-hydrogen) atoms. The van der Waals surface area contributed by atoms with E-state index in [0.717, 1.165) is 24.8 Å². The zero-order valence-corrected chi connectivity index (χ0v) is 11.4. The van der Waals surface area contributed by atoms with Crippen LogP contribution in [0.4, 0.5) is 0 Å². The smallest absolute Gasteiger partial charge is 0.262 e. The number of hydrogen-bond acceptors (Lipinski definition) is 4. The molecule has 6 heteroatoms. The Balaban J connectivity index is 1.85. The molecule has 1 aliphatic rings. The number of aromatic amines is 1. The lowest BCUT2D eigenvalue weighted by molar-refractivity contribution is 0.181. The summed E-state index contributed by atoms with van der Waals surface area (Å²) in [6, 6.07) is 0. The molecular weight excluding hydrogens is 242 g/mol. The number of nitrogens with one attached hydrogen (secondary N) is 1. The third-order valence-corrected chi connectivity index (χ3v) is 3.90. The molecule has 0 aromatic carbocycles. The summed E-state index contributed by atoms with van der Waals surface area (Å²) in [5, 5.41) is 4.63. The van der Waals surface area contributed by atoms with Crippen molar-refractivity contribution in [3.63, 3.8) is 0 Å². The summed E-state index contributed by atoms with van der Waals surface area (Å²) in [6.45, 7) is 5.16. The van der Waals surface area contributed by atoms with Crippen molar-refractivity contribution >= 4 is 11.0 Å². The van der Waals surface area contributed by atoms with Gasteiger partial charge in [-0.1, -0.05) is 6.92 Å². The number of rotatable bonds is 2. The summed E-state index contributed by atoms with van der Waals surface area (Å²) in [4.78, 5) is 21.7. The van der Waals surface area contributed by atoms with Crippen LogP contribution in [0.25, 0.3) is 11.0 Å². The molecule has 6 nitrogen and oxygen atoms in total. The van der Waals surface area contributed by atoms with E-state index in [9.17, 15) is 4.79 Å². The van der Waals surface area contributed by atoms with Gasteiger partial charge in [-0.15, -0.1) is 0 Å². The molecule has 2 aromatic rings. The van der Waals surface area contributed by atoms with Crippen LogP contribution in [-0.4, -0.2) is 37.7 Å². The standard InChI is InChI=1S/C13H19N5O/c1-9-3-5-18(6-4-9)8-11-15-12-10(13(19)16-11)7-14-17(12)2/h7,9H,3-6,8H2,1-2H3,(H,15,16,19). The minimum Gasteiger partial charge on any atom is -0.309 e. The van der Waals surface area contributed by atoms with Gasteiger partial charge in [0.1, 0.15) is 11.2 Å². The first kappa shape index (κ1) is 12.3. The molecule has 0 spiro atoms. The number of nitrogens with zero attached hydrogens (tertiary/aromatic N) is 4. The van der Waals surface area contributed by atoms with E-state index in [1.54, 1.807) is 17.9 Å². The Morgan fingerprint density at radius 1 is 1.42 bits per heavy atom. The van der Waals surface area contributed by atoms with Crippen molar-refractivity contribution in [2.45, 2.75) is 26.3 Å². The largest absolute Gasteiger partial charge is 0.309 e. The maximum Gasteiger partial charge on any atom is 0.262 e. The molecule has 102 valence electrons. The van der Waals surface area contributed by atoms with E-state index in [1.165, 1.54) is 12.8 Å². The maximum atomic E-state index is 11.9. The van der Waals surface area contributed by atoms with E-state index >= 15 is 0 Å². The van der Waals surface area contributed by atoms with Gasteiger partial charge in [-0.25, -0.2) is 4.98 Å². The summed E-state index contributed by atoms with van der Waals surface area (Å²) in [6.07, 6.45) is 4.00. The van der Waals surface area contributed by atoms with E-state index in [-0.39, 0.29) is 5.56 Å². The number of piperidine rings is 1. The van der Waals surface area contributed by atoms with Gasteiger partial charge in [0.05, 0.1) is 12.7 Å². The van der Waals surface area contributed by atoms with Crippen molar-refractivity contribution in [3.05, 3.63) is 22.4 Å². The highest BCUT2D eigenvalue weighted by molar-refractivity contribution is 5.72.